The molecule has 6 heteroatoms. The van der Waals surface area contributed by atoms with E-state index < -0.39 is 5.91 Å². The summed E-state index contributed by atoms with van der Waals surface area (Å²) in [4.78, 5) is 11.1. The summed E-state index contributed by atoms with van der Waals surface area (Å²) in [5, 5.41) is 2.35. The van der Waals surface area contributed by atoms with Crippen LogP contribution >= 0.6 is 12.2 Å². The third-order valence-corrected chi connectivity index (χ3v) is 1.32. The maximum Gasteiger partial charge on any atom is 0.293 e. The van der Waals surface area contributed by atoms with Crippen molar-refractivity contribution >= 4 is 23.2 Å². The van der Waals surface area contributed by atoms with Crippen molar-refractivity contribution in [1.29, 1.82) is 0 Å². The van der Waals surface area contributed by atoms with Gasteiger partial charge in [0.25, 0.3) is 5.91 Å². The number of hydrogen-bond donors (Lipinski definition) is 3. The Morgan fingerprint density at radius 2 is 2.42 bits per heavy atom. The second-order valence-electron chi connectivity index (χ2n) is 1.90. The maximum absolute atomic E-state index is 11.1. The summed E-state index contributed by atoms with van der Waals surface area (Å²) in [5.74, 6) is 4.70. The Morgan fingerprint density at radius 3 is 2.92 bits per heavy atom. The Hall–Kier alpha value is -1.40. The lowest BCUT2D eigenvalue weighted by molar-refractivity contribution is 0.0949. The van der Waals surface area contributed by atoms with Gasteiger partial charge in [0.1, 0.15) is 0 Å². The minimum Gasteiger partial charge on any atom is -0.459 e. The summed E-state index contributed by atoms with van der Waals surface area (Å²) >= 11 is 4.60. The molecule has 0 atom stereocenters. The molecule has 0 unspecified atom stereocenters. The van der Waals surface area contributed by atoms with Crippen molar-refractivity contribution in [2.24, 2.45) is 5.84 Å². The van der Waals surface area contributed by atoms with Gasteiger partial charge in [-0.3, -0.25) is 10.1 Å². The molecule has 0 aliphatic heterocycles. The largest absolute Gasteiger partial charge is 0.459 e. The third kappa shape index (κ3) is 2.04. The molecule has 0 aromatic carbocycles. The molecule has 4 N–H and O–H groups in total. The van der Waals surface area contributed by atoms with Crippen molar-refractivity contribution in [2.45, 2.75) is 0 Å². The number of nitrogens with two attached hydrogens (primary N) is 1. The number of hydrazine groups is 1. The number of amides is 1. The lowest BCUT2D eigenvalue weighted by Gasteiger charge is -2.01. The van der Waals surface area contributed by atoms with Crippen molar-refractivity contribution < 1.29 is 9.21 Å². The first-order valence-electron chi connectivity index (χ1n) is 3.09. The molecule has 0 saturated carbocycles. The standard InChI is InChI=1S/C6H7N3O2S/c7-9-6(12)8-5(10)4-2-1-3-11-4/h1-3H,7H2,(H2,8,9,10,12). The molecule has 5 nitrogen and oxygen atoms in total. The zero-order valence-electron chi connectivity index (χ0n) is 6.03. The van der Waals surface area contributed by atoms with Crippen LogP contribution in [0.2, 0.25) is 0 Å². The summed E-state index contributed by atoms with van der Waals surface area (Å²) in [6, 6.07) is 3.13. The Labute approximate surface area is 73.9 Å². The Bertz CT molecular complexity index is 283. The first-order chi connectivity index (χ1) is 5.74. The van der Waals surface area contributed by atoms with E-state index in [9.17, 15) is 4.79 Å². The zero-order valence-corrected chi connectivity index (χ0v) is 6.85. The summed E-state index contributed by atoms with van der Waals surface area (Å²) in [6.45, 7) is 0. The lowest BCUT2D eigenvalue weighted by Crippen LogP contribution is -2.42. The van der Waals surface area contributed by atoms with Crippen molar-refractivity contribution in [3.63, 3.8) is 0 Å². The smallest absolute Gasteiger partial charge is 0.293 e. The van der Waals surface area contributed by atoms with Crippen LogP contribution in [0.25, 0.3) is 0 Å². The maximum atomic E-state index is 11.1. The molecule has 0 aliphatic carbocycles. The molecule has 1 heterocycles. The molecule has 0 aliphatic rings. The van der Waals surface area contributed by atoms with Gasteiger partial charge in [0, 0.05) is 0 Å². The van der Waals surface area contributed by atoms with Gasteiger partial charge in [-0.2, -0.15) is 0 Å². The molecular weight excluding hydrogens is 178 g/mol. The van der Waals surface area contributed by atoms with Crippen LogP contribution in [-0.4, -0.2) is 11.0 Å². The van der Waals surface area contributed by atoms with Crippen LogP contribution in [0.15, 0.2) is 22.8 Å². The fourth-order valence-electron chi connectivity index (χ4n) is 0.609. The number of furan rings is 1. The van der Waals surface area contributed by atoms with E-state index in [1.54, 1.807) is 6.07 Å². The zero-order chi connectivity index (χ0) is 8.97. The first-order valence-corrected chi connectivity index (χ1v) is 3.50. The summed E-state index contributed by atoms with van der Waals surface area (Å²) < 4.78 is 4.80. The number of hydrogen-bond acceptors (Lipinski definition) is 4. The summed E-state index contributed by atoms with van der Waals surface area (Å²) in [5.41, 5.74) is 2.12. The van der Waals surface area contributed by atoms with Gasteiger partial charge >= 0.3 is 0 Å². The van der Waals surface area contributed by atoms with E-state index in [4.69, 9.17) is 10.3 Å². The Kier molecular flexibility index (Phi) is 2.78. The van der Waals surface area contributed by atoms with E-state index in [2.05, 4.69) is 23.0 Å². The predicted molar refractivity (Wildman–Crippen MR) is 46.1 cm³/mol. The summed E-state index contributed by atoms with van der Waals surface area (Å²) in [7, 11) is 0. The fourth-order valence-corrected chi connectivity index (χ4v) is 0.701. The SMILES string of the molecule is NNC(=S)NC(=O)c1ccco1. The molecule has 0 bridgehead atoms. The Morgan fingerprint density at radius 1 is 1.67 bits per heavy atom. The number of thiocarbonyl (C=S) groups is 1. The van der Waals surface area contributed by atoms with Crippen molar-refractivity contribution in [3.05, 3.63) is 24.2 Å². The number of rotatable bonds is 1. The van der Waals surface area contributed by atoms with Gasteiger partial charge in [-0.05, 0) is 24.4 Å². The van der Waals surface area contributed by atoms with Crippen LogP contribution in [0.3, 0.4) is 0 Å². The molecule has 0 spiro atoms. The molecule has 12 heavy (non-hydrogen) atoms. The summed E-state index contributed by atoms with van der Waals surface area (Å²) in [6.07, 6.45) is 1.40. The van der Waals surface area contributed by atoms with E-state index in [1.165, 1.54) is 12.3 Å². The van der Waals surface area contributed by atoms with Gasteiger partial charge in [-0.25, -0.2) is 5.84 Å². The highest BCUT2D eigenvalue weighted by Crippen LogP contribution is 1.98. The van der Waals surface area contributed by atoms with Crippen LogP contribution < -0.4 is 16.6 Å². The third-order valence-electron chi connectivity index (χ3n) is 1.10. The van der Waals surface area contributed by atoms with E-state index in [0.29, 0.717) is 0 Å². The molecule has 1 aromatic heterocycles. The van der Waals surface area contributed by atoms with Gasteiger partial charge in [0.2, 0.25) is 0 Å². The van der Waals surface area contributed by atoms with Gasteiger partial charge < -0.3 is 9.84 Å². The van der Waals surface area contributed by atoms with Crippen LogP contribution in [0, 0.1) is 0 Å². The first kappa shape index (κ1) is 8.69. The minimum absolute atomic E-state index is 0.0522. The number of nitrogens with one attached hydrogen (secondary N) is 2. The average molecular weight is 185 g/mol. The van der Waals surface area contributed by atoms with E-state index in [-0.39, 0.29) is 10.9 Å². The van der Waals surface area contributed by atoms with E-state index >= 15 is 0 Å². The second kappa shape index (κ2) is 3.84. The highest BCUT2D eigenvalue weighted by molar-refractivity contribution is 7.80. The van der Waals surface area contributed by atoms with Crippen LogP contribution in [0.5, 0.6) is 0 Å². The second-order valence-corrected chi connectivity index (χ2v) is 2.31. The monoisotopic (exact) mass is 185 g/mol. The predicted octanol–water partition coefficient (Wildman–Crippen LogP) is -0.242. The van der Waals surface area contributed by atoms with Crippen molar-refractivity contribution in [1.82, 2.24) is 10.7 Å². The molecule has 0 fully saturated rings. The van der Waals surface area contributed by atoms with E-state index in [0.717, 1.165) is 0 Å². The van der Waals surface area contributed by atoms with Crippen molar-refractivity contribution in [3.8, 4) is 0 Å². The molecule has 64 valence electrons. The highest BCUT2D eigenvalue weighted by Gasteiger charge is 2.08. The lowest BCUT2D eigenvalue weighted by atomic mass is 10.4. The van der Waals surface area contributed by atoms with Crippen LogP contribution in [0.4, 0.5) is 0 Å². The van der Waals surface area contributed by atoms with Crippen LogP contribution in [0.1, 0.15) is 10.6 Å². The minimum atomic E-state index is -0.428. The molecule has 0 radical (unpaired) electrons. The van der Waals surface area contributed by atoms with Gasteiger partial charge in [-0.15, -0.1) is 0 Å². The molecule has 1 amide bonds. The van der Waals surface area contributed by atoms with Gasteiger partial charge in [0.15, 0.2) is 10.9 Å². The quantitative estimate of drug-likeness (QED) is 0.319. The fraction of sp³-hybridized carbons (Fsp3) is 0. The number of carbonyl (C=O) groups is 1. The van der Waals surface area contributed by atoms with Gasteiger partial charge in [0.05, 0.1) is 6.26 Å². The molecule has 1 aromatic rings. The molecular formula is C6H7N3O2S. The molecule has 1 rings (SSSR count). The normalized spacial score (nSPS) is 9.08. The Balaban J connectivity index is 2.56. The topological polar surface area (TPSA) is 80.3 Å². The van der Waals surface area contributed by atoms with Crippen LogP contribution in [-0.2, 0) is 0 Å². The van der Waals surface area contributed by atoms with Gasteiger partial charge in [-0.1, -0.05) is 0 Å². The number of carbonyl (C=O) groups excluding carboxylic acids is 1. The highest BCUT2D eigenvalue weighted by atomic mass is 32.1. The van der Waals surface area contributed by atoms with Crippen molar-refractivity contribution in [2.75, 3.05) is 0 Å². The average Bonchev–Trinajstić information content (AvgIpc) is 2.56. The van der Waals surface area contributed by atoms with E-state index in [1.807, 2.05) is 0 Å². The molecule has 0 saturated heterocycles.